The van der Waals surface area contributed by atoms with Crippen LogP contribution in [0.15, 0.2) is 45.8 Å². The number of aromatic amines is 1. The molecule has 0 aliphatic heterocycles. The van der Waals surface area contributed by atoms with E-state index in [1.807, 2.05) is 16.8 Å². The molecule has 1 aromatic carbocycles. The van der Waals surface area contributed by atoms with Gasteiger partial charge in [-0.05, 0) is 78.2 Å². The molecule has 5 rings (SSSR count). The minimum absolute atomic E-state index is 0.0142. The Bertz CT molecular complexity index is 1330. The molecule has 8 nitrogen and oxygen atoms in total. The van der Waals surface area contributed by atoms with Gasteiger partial charge in [-0.25, -0.2) is 4.68 Å². The van der Waals surface area contributed by atoms with E-state index in [1.165, 1.54) is 18.4 Å². The van der Waals surface area contributed by atoms with Crippen LogP contribution in [-0.2, 0) is 13.1 Å². The molecule has 1 aliphatic rings. The van der Waals surface area contributed by atoms with Crippen molar-refractivity contribution in [3.63, 3.8) is 0 Å². The number of hydrogen-bond donors (Lipinski definition) is 1. The maximum absolute atomic E-state index is 13.3. The van der Waals surface area contributed by atoms with Gasteiger partial charge >= 0.3 is 0 Å². The summed E-state index contributed by atoms with van der Waals surface area (Å²) in [5, 5.41) is 13.9. The second-order valence-electron chi connectivity index (χ2n) is 9.78. The fourth-order valence-electron chi connectivity index (χ4n) is 5.44. The lowest BCUT2D eigenvalue weighted by Crippen LogP contribution is -2.39. The summed E-state index contributed by atoms with van der Waals surface area (Å²) in [7, 11) is 0. The van der Waals surface area contributed by atoms with Crippen molar-refractivity contribution in [2.75, 3.05) is 0 Å². The van der Waals surface area contributed by atoms with E-state index in [0.29, 0.717) is 19.1 Å². The predicted octanol–water partition coefficient (Wildman–Crippen LogP) is 5.06. The van der Waals surface area contributed by atoms with Crippen LogP contribution in [0, 0.1) is 13.8 Å². The van der Waals surface area contributed by atoms with Crippen LogP contribution in [0.1, 0.15) is 79.8 Å². The van der Waals surface area contributed by atoms with Crippen molar-refractivity contribution in [2.45, 2.75) is 84.5 Å². The van der Waals surface area contributed by atoms with Crippen LogP contribution in [0.25, 0.3) is 10.9 Å². The summed E-state index contributed by atoms with van der Waals surface area (Å²) in [6.07, 6.45) is 8.26. The highest BCUT2D eigenvalue weighted by Crippen LogP contribution is 2.34. The van der Waals surface area contributed by atoms with Crippen LogP contribution in [-0.4, -0.2) is 36.1 Å². The summed E-state index contributed by atoms with van der Waals surface area (Å²) >= 11 is 0. The topological polar surface area (TPSA) is 92.8 Å². The molecule has 1 saturated carbocycles. The molecule has 8 heteroatoms. The molecule has 0 saturated heterocycles. The Kier molecular flexibility index (Phi) is 6.81. The van der Waals surface area contributed by atoms with E-state index >= 15 is 0 Å². The molecular weight excluding hydrogens is 440 g/mol. The molecule has 4 aromatic rings. The van der Waals surface area contributed by atoms with Crippen molar-refractivity contribution in [3.05, 3.63) is 75.2 Å². The Morgan fingerprint density at radius 3 is 2.80 bits per heavy atom. The van der Waals surface area contributed by atoms with Gasteiger partial charge in [0.2, 0.25) is 0 Å². The Hall–Kier alpha value is -3.26. The minimum Gasteiger partial charge on any atom is -0.467 e. The van der Waals surface area contributed by atoms with Crippen molar-refractivity contribution in [1.82, 2.24) is 30.1 Å². The number of fused-ring (bicyclic) bond motifs is 1. The Labute approximate surface area is 205 Å². The van der Waals surface area contributed by atoms with Crippen LogP contribution in [0.4, 0.5) is 0 Å². The number of hydrogen-bond acceptors (Lipinski definition) is 6. The lowest BCUT2D eigenvalue weighted by molar-refractivity contribution is 0.108. The highest BCUT2D eigenvalue weighted by atomic mass is 16.3. The Morgan fingerprint density at radius 2 is 2.06 bits per heavy atom. The molecule has 1 aliphatic carbocycles. The summed E-state index contributed by atoms with van der Waals surface area (Å²) in [5.74, 6) is 1.65. The molecule has 3 heterocycles. The van der Waals surface area contributed by atoms with Crippen molar-refractivity contribution in [3.8, 4) is 0 Å². The SMILES string of the molecule is CCCC(c1nnnn1Cc1ccco1)N(Cc1cc2ccc(C)c(C)c2[nH]c1=O)C1CCCC1. The first-order chi connectivity index (χ1) is 17.0. The second kappa shape index (κ2) is 10.2. The van der Waals surface area contributed by atoms with Crippen molar-refractivity contribution >= 4 is 10.9 Å². The van der Waals surface area contributed by atoms with Crippen molar-refractivity contribution in [1.29, 1.82) is 0 Å². The smallest absolute Gasteiger partial charge is 0.252 e. The molecule has 3 aromatic heterocycles. The third-order valence-electron chi connectivity index (χ3n) is 7.48. The molecular formula is C27H34N6O2. The fraction of sp³-hybridized carbons (Fsp3) is 0.481. The first kappa shape index (κ1) is 23.5. The maximum atomic E-state index is 13.3. The van der Waals surface area contributed by atoms with Gasteiger partial charge in [-0.3, -0.25) is 9.69 Å². The first-order valence-corrected chi connectivity index (χ1v) is 12.7. The molecule has 0 spiro atoms. The van der Waals surface area contributed by atoms with Crippen LogP contribution in [0.3, 0.4) is 0 Å². The molecule has 0 radical (unpaired) electrons. The number of nitrogens with zero attached hydrogens (tertiary/aromatic N) is 5. The first-order valence-electron chi connectivity index (χ1n) is 12.7. The van der Waals surface area contributed by atoms with Crippen molar-refractivity contribution < 1.29 is 4.42 Å². The third-order valence-corrected chi connectivity index (χ3v) is 7.48. The highest BCUT2D eigenvalue weighted by molar-refractivity contribution is 5.83. The van der Waals surface area contributed by atoms with Crippen molar-refractivity contribution in [2.24, 2.45) is 0 Å². The number of aromatic nitrogens is 5. The van der Waals surface area contributed by atoms with Crippen LogP contribution in [0.2, 0.25) is 0 Å². The monoisotopic (exact) mass is 474 g/mol. The zero-order valence-electron chi connectivity index (χ0n) is 20.8. The van der Waals surface area contributed by atoms with Gasteiger partial charge in [0.25, 0.3) is 5.56 Å². The number of H-pyrrole nitrogens is 1. The predicted molar refractivity (Wildman–Crippen MR) is 135 cm³/mol. The van der Waals surface area contributed by atoms with E-state index < -0.39 is 0 Å². The quantitative estimate of drug-likeness (QED) is 0.365. The number of aryl methyl sites for hydroxylation is 2. The number of furan rings is 1. The third kappa shape index (κ3) is 4.80. The molecule has 1 fully saturated rings. The van der Waals surface area contributed by atoms with Gasteiger partial charge in [-0.2, -0.15) is 0 Å². The Balaban J connectivity index is 1.53. The second-order valence-corrected chi connectivity index (χ2v) is 9.78. The van der Waals surface area contributed by atoms with E-state index in [4.69, 9.17) is 4.42 Å². The summed E-state index contributed by atoms with van der Waals surface area (Å²) in [4.78, 5) is 18.9. The van der Waals surface area contributed by atoms with Crippen LogP contribution in [0.5, 0.6) is 0 Å². The normalized spacial score (nSPS) is 15.4. The Morgan fingerprint density at radius 1 is 1.23 bits per heavy atom. The average Bonchev–Trinajstić information content (AvgIpc) is 3.63. The molecule has 0 bridgehead atoms. The van der Waals surface area contributed by atoms with E-state index in [-0.39, 0.29) is 11.6 Å². The van der Waals surface area contributed by atoms with Gasteiger partial charge in [0, 0.05) is 18.2 Å². The van der Waals surface area contributed by atoms with E-state index in [2.05, 4.69) is 64.4 Å². The zero-order chi connectivity index (χ0) is 24.4. The molecule has 0 amide bonds. The summed E-state index contributed by atoms with van der Waals surface area (Å²) in [5.41, 5.74) is 4.01. The standard InChI is InChI=1S/C27H34N6O2/c1-4-8-24(26-29-30-31-33(26)17-23-11-7-14-35-23)32(22-9-5-6-10-22)16-21-15-20-13-12-18(2)19(3)25(20)28-27(21)34/h7,11-15,22,24H,4-6,8-10,16-17H2,1-3H3,(H,28,34). The minimum atomic E-state index is -0.0142. The van der Waals surface area contributed by atoms with Gasteiger partial charge in [0.15, 0.2) is 5.82 Å². The number of tetrazole rings is 1. The van der Waals surface area contributed by atoms with E-state index in [0.717, 1.165) is 59.3 Å². The zero-order valence-corrected chi connectivity index (χ0v) is 20.8. The van der Waals surface area contributed by atoms with Crippen LogP contribution < -0.4 is 5.56 Å². The number of pyridine rings is 1. The molecule has 184 valence electrons. The van der Waals surface area contributed by atoms with Crippen LogP contribution >= 0.6 is 0 Å². The number of nitrogens with one attached hydrogen (secondary N) is 1. The number of benzene rings is 1. The summed E-state index contributed by atoms with van der Waals surface area (Å²) in [6.45, 7) is 7.39. The molecule has 1 atom stereocenters. The molecule has 35 heavy (non-hydrogen) atoms. The number of rotatable bonds is 9. The van der Waals surface area contributed by atoms with E-state index in [1.54, 1.807) is 6.26 Å². The summed E-state index contributed by atoms with van der Waals surface area (Å²) < 4.78 is 7.40. The van der Waals surface area contributed by atoms with Gasteiger partial charge in [-0.1, -0.05) is 38.3 Å². The molecule has 1 N–H and O–H groups in total. The largest absolute Gasteiger partial charge is 0.467 e. The fourth-order valence-corrected chi connectivity index (χ4v) is 5.44. The van der Waals surface area contributed by atoms with Gasteiger partial charge in [0.05, 0.1) is 17.8 Å². The van der Waals surface area contributed by atoms with E-state index in [9.17, 15) is 4.79 Å². The summed E-state index contributed by atoms with van der Waals surface area (Å²) in [6, 6.07) is 10.5. The lowest BCUT2D eigenvalue weighted by atomic mass is 10.0. The highest BCUT2D eigenvalue weighted by Gasteiger charge is 2.33. The lowest BCUT2D eigenvalue weighted by Gasteiger charge is -2.35. The maximum Gasteiger partial charge on any atom is 0.252 e. The molecule has 1 unspecified atom stereocenters. The average molecular weight is 475 g/mol. The van der Waals surface area contributed by atoms with Gasteiger partial charge in [0.1, 0.15) is 12.3 Å². The van der Waals surface area contributed by atoms with Gasteiger partial charge < -0.3 is 9.40 Å². The van der Waals surface area contributed by atoms with Gasteiger partial charge in [-0.15, -0.1) is 5.10 Å².